The van der Waals surface area contributed by atoms with E-state index in [1.165, 1.54) is 6.20 Å². The average molecular weight is 296 g/mol. The molecule has 7 heteroatoms. The number of pyridine rings is 1. The zero-order valence-electron chi connectivity index (χ0n) is 11.5. The van der Waals surface area contributed by atoms with Crippen LogP contribution in [0.4, 0.5) is 19.0 Å². The Morgan fingerprint density at radius 3 is 2.62 bits per heavy atom. The highest BCUT2D eigenvalue weighted by atomic mass is 19.4. The summed E-state index contributed by atoms with van der Waals surface area (Å²) in [5.74, 6) is 1.75. The number of aryl methyl sites for hydroxylation is 1. The summed E-state index contributed by atoms with van der Waals surface area (Å²) in [4.78, 5) is 10.1. The number of rotatable bonds is 3. The fourth-order valence-electron chi connectivity index (χ4n) is 2.51. The van der Waals surface area contributed by atoms with E-state index in [4.69, 9.17) is 0 Å². The Kier molecular flexibility index (Phi) is 3.35. The van der Waals surface area contributed by atoms with E-state index in [1.54, 1.807) is 6.20 Å². The highest BCUT2D eigenvalue weighted by Crippen LogP contribution is 2.32. The molecule has 3 rings (SSSR count). The van der Waals surface area contributed by atoms with Crippen molar-refractivity contribution in [3.63, 3.8) is 0 Å². The molecule has 0 radical (unpaired) electrons. The summed E-state index contributed by atoms with van der Waals surface area (Å²) in [5, 5.41) is 0. The molecule has 21 heavy (non-hydrogen) atoms. The molecule has 0 N–H and O–H groups in total. The van der Waals surface area contributed by atoms with Gasteiger partial charge in [0.1, 0.15) is 11.6 Å². The van der Waals surface area contributed by atoms with Crippen molar-refractivity contribution in [2.45, 2.75) is 19.6 Å². The number of aromatic nitrogens is 3. The molecular weight excluding hydrogens is 281 g/mol. The molecule has 1 saturated heterocycles. The van der Waals surface area contributed by atoms with Gasteiger partial charge in [0.2, 0.25) is 0 Å². The van der Waals surface area contributed by atoms with Gasteiger partial charge in [-0.25, -0.2) is 9.97 Å². The quantitative estimate of drug-likeness (QED) is 0.873. The maximum absolute atomic E-state index is 12.7. The van der Waals surface area contributed by atoms with E-state index in [1.807, 2.05) is 18.0 Å². The molecule has 0 saturated carbocycles. The van der Waals surface area contributed by atoms with Crippen molar-refractivity contribution < 1.29 is 13.2 Å². The van der Waals surface area contributed by atoms with Gasteiger partial charge in [0.05, 0.1) is 5.56 Å². The first-order valence-corrected chi connectivity index (χ1v) is 6.69. The summed E-state index contributed by atoms with van der Waals surface area (Å²) in [6.07, 6.45) is 0.558. The lowest BCUT2D eigenvalue weighted by Crippen LogP contribution is -2.49. The summed E-state index contributed by atoms with van der Waals surface area (Å²) in [6, 6.07) is 2.11. The Balaban J connectivity index is 1.63. The van der Waals surface area contributed by atoms with Gasteiger partial charge in [0.15, 0.2) is 0 Å². The molecular formula is C14H15F3N4. The van der Waals surface area contributed by atoms with Crippen molar-refractivity contribution in [3.8, 4) is 0 Å². The normalized spacial score (nSPS) is 16.1. The Labute approximate surface area is 120 Å². The van der Waals surface area contributed by atoms with Crippen LogP contribution in [0.25, 0.3) is 0 Å². The number of hydrogen-bond acceptors (Lipinski definition) is 3. The van der Waals surface area contributed by atoms with Crippen LogP contribution in [-0.2, 0) is 12.7 Å². The number of alkyl halides is 3. The molecule has 3 heterocycles. The van der Waals surface area contributed by atoms with Crippen molar-refractivity contribution >= 4 is 5.82 Å². The van der Waals surface area contributed by atoms with Crippen molar-refractivity contribution in [1.82, 2.24) is 14.5 Å². The minimum atomic E-state index is -4.32. The van der Waals surface area contributed by atoms with Gasteiger partial charge in [0.25, 0.3) is 0 Å². The Morgan fingerprint density at radius 1 is 1.24 bits per heavy atom. The van der Waals surface area contributed by atoms with Gasteiger partial charge in [-0.15, -0.1) is 0 Å². The number of anilines is 1. The third kappa shape index (κ3) is 2.86. The van der Waals surface area contributed by atoms with E-state index in [0.29, 0.717) is 24.8 Å². The largest absolute Gasteiger partial charge is 0.416 e. The number of hydrogen-bond donors (Lipinski definition) is 0. The van der Waals surface area contributed by atoms with Gasteiger partial charge in [-0.3, -0.25) is 0 Å². The topological polar surface area (TPSA) is 34.0 Å². The van der Waals surface area contributed by atoms with Crippen LogP contribution in [0.15, 0.2) is 30.7 Å². The van der Waals surface area contributed by atoms with E-state index in [9.17, 15) is 13.2 Å². The summed E-state index contributed by atoms with van der Waals surface area (Å²) in [6.45, 7) is 4.20. The summed E-state index contributed by atoms with van der Waals surface area (Å²) >= 11 is 0. The average Bonchev–Trinajstić information content (AvgIpc) is 2.78. The SMILES string of the molecule is Cc1nccn1CC1CN(c2cc(C(F)(F)F)ccn2)C1. The maximum atomic E-state index is 12.7. The van der Waals surface area contributed by atoms with Crippen LogP contribution in [-0.4, -0.2) is 27.6 Å². The molecule has 1 aliphatic rings. The van der Waals surface area contributed by atoms with Gasteiger partial charge in [-0.1, -0.05) is 0 Å². The lowest BCUT2D eigenvalue weighted by molar-refractivity contribution is -0.137. The minimum Gasteiger partial charge on any atom is -0.356 e. The first-order chi connectivity index (χ1) is 9.93. The zero-order chi connectivity index (χ0) is 15.0. The van der Waals surface area contributed by atoms with Crippen molar-refractivity contribution in [2.75, 3.05) is 18.0 Å². The molecule has 1 fully saturated rings. The molecule has 0 atom stereocenters. The summed E-state index contributed by atoms with van der Waals surface area (Å²) in [5.41, 5.74) is -0.651. The molecule has 0 aromatic carbocycles. The van der Waals surface area contributed by atoms with Crippen LogP contribution >= 0.6 is 0 Å². The second kappa shape index (κ2) is 5.05. The van der Waals surface area contributed by atoms with Crippen LogP contribution in [0.3, 0.4) is 0 Å². The number of imidazole rings is 1. The van der Waals surface area contributed by atoms with Crippen LogP contribution in [0, 0.1) is 12.8 Å². The maximum Gasteiger partial charge on any atom is 0.416 e. The molecule has 0 aliphatic carbocycles. The molecule has 2 aromatic rings. The van der Waals surface area contributed by atoms with E-state index in [0.717, 1.165) is 24.5 Å². The van der Waals surface area contributed by atoms with E-state index >= 15 is 0 Å². The summed E-state index contributed by atoms with van der Waals surface area (Å²) in [7, 11) is 0. The second-order valence-electron chi connectivity index (χ2n) is 5.30. The van der Waals surface area contributed by atoms with Crippen molar-refractivity contribution in [2.24, 2.45) is 5.92 Å². The van der Waals surface area contributed by atoms with Gasteiger partial charge in [-0.2, -0.15) is 13.2 Å². The predicted molar refractivity (Wildman–Crippen MR) is 71.9 cm³/mol. The molecule has 0 bridgehead atoms. The monoisotopic (exact) mass is 296 g/mol. The second-order valence-corrected chi connectivity index (χ2v) is 5.30. The zero-order valence-corrected chi connectivity index (χ0v) is 11.5. The highest BCUT2D eigenvalue weighted by molar-refractivity contribution is 5.44. The fourth-order valence-corrected chi connectivity index (χ4v) is 2.51. The first kappa shape index (κ1) is 13.9. The van der Waals surface area contributed by atoms with Crippen LogP contribution in [0.1, 0.15) is 11.4 Å². The standard InChI is InChI=1S/C14H15F3N4/c1-10-18-4-5-20(10)7-11-8-21(9-11)13-6-12(2-3-19-13)14(15,16)17/h2-6,11H,7-9H2,1H3. The summed E-state index contributed by atoms with van der Waals surface area (Å²) < 4.78 is 40.1. The molecule has 0 spiro atoms. The molecule has 2 aromatic heterocycles. The fraction of sp³-hybridized carbons (Fsp3) is 0.429. The smallest absolute Gasteiger partial charge is 0.356 e. The van der Waals surface area contributed by atoms with Gasteiger partial charge in [-0.05, 0) is 19.1 Å². The number of halogens is 3. The van der Waals surface area contributed by atoms with E-state index < -0.39 is 11.7 Å². The molecule has 4 nitrogen and oxygen atoms in total. The first-order valence-electron chi connectivity index (χ1n) is 6.69. The van der Waals surface area contributed by atoms with Gasteiger partial charge < -0.3 is 9.47 Å². The van der Waals surface area contributed by atoms with E-state index in [-0.39, 0.29) is 0 Å². The Morgan fingerprint density at radius 2 is 2.00 bits per heavy atom. The molecule has 0 unspecified atom stereocenters. The number of nitrogens with zero attached hydrogens (tertiary/aromatic N) is 4. The Hall–Kier alpha value is -2.05. The Bertz CT molecular complexity index is 629. The van der Waals surface area contributed by atoms with Crippen LogP contribution in [0.5, 0.6) is 0 Å². The molecule has 112 valence electrons. The van der Waals surface area contributed by atoms with E-state index in [2.05, 4.69) is 14.5 Å². The van der Waals surface area contributed by atoms with Gasteiger partial charge >= 0.3 is 6.18 Å². The minimum absolute atomic E-state index is 0.392. The highest BCUT2D eigenvalue weighted by Gasteiger charge is 2.33. The van der Waals surface area contributed by atoms with Crippen molar-refractivity contribution in [1.29, 1.82) is 0 Å². The predicted octanol–water partition coefficient (Wildman–Crippen LogP) is 2.74. The third-order valence-electron chi connectivity index (χ3n) is 3.73. The van der Waals surface area contributed by atoms with Crippen LogP contribution < -0.4 is 4.90 Å². The molecule has 0 amide bonds. The molecule has 1 aliphatic heterocycles. The lowest BCUT2D eigenvalue weighted by atomic mass is 10.00. The third-order valence-corrected chi connectivity index (χ3v) is 3.73. The lowest BCUT2D eigenvalue weighted by Gasteiger charge is -2.40. The van der Waals surface area contributed by atoms with Crippen LogP contribution in [0.2, 0.25) is 0 Å². The van der Waals surface area contributed by atoms with Crippen molar-refractivity contribution in [3.05, 3.63) is 42.1 Å². The van der Waals surface area contributed by atoms with Gasteiger partial charge in [0, 0.05) is 44.1 Å².